The molecule has 18 heavy (non-hydrogen) atoms. The second kappa shape index (κ2) is 6.62. The lowest BCUT2D eigenvalue weighted by atomic mass is 10.3. The molecule has 0 unspecified atom stereocenters. The highest BCUT2D eigenvalue weighted by molar-refractivity contribution is 5.93. The topological polar surface area (TPSA) is 141 Å². The van der Waals surface area contributed by atoms with E-state index in [1.807, 2.05) is 0 Å². The first-order valence-corrected chi connectivity index (χ1v) is 5.41. The summed E-state index contributed by atoms with van der Waals surface area (Å²) in [5, 5.41) is 0. The summed E-state index contributed by atoms with van der Waals surface area (Å²) < 4.78 is 0. The number of nitrogens with two attached hydrogens (primary N) is 3. The molecule has 0 saturated carbocycles. The molecule has 0 aromatic carbocycles. The highest BCUT2D eigenvalue weighted by Gasteiger charge is 2.16. The van der Waals surface area contributed by atoms with Gasteiger partial charge in [-0.3, -0.25) is 9.59 Å². The summed E-state index contributed by atoms with van der Waals surface area (Å²) in [6.45, 7) is 1.43. The van der Waals surface area contributed by atoms with Crippen LogP contribution in [0.1, 0.15) is 21.0 Å². The molecule has 0 bridgehead atoms. The van der Waals surface area contributed by atoms with Crippen molar-refractivity contribution in [3.8, 4) is 0 Å². The van der Waals surface area contributed by atoms with Crippen LogP contribution < -0.4 is 17.2 Å². The summed E-state index contributed by atoms with van der Waals surface area (Å²) in [7, 11) is 0. The molecular formula is C10H16N6O2. The number of primary amides is 1. The summed E-state index contributed by atoms with van der Waals surface area (Å²) in [4.78, 5) is 31.9. The Hall–Kier alpha value is -2.06. The van der Waals surface area contributed by atoms with Crippen LogP contribution >= 0.6 is 0 Å². The van der Waals surface area contributed by atoms with Crippen molar-refractivity contribution in [2.45, 2.75) is 0 Å². The fraction of sp³-hybridized carbons (Fsp3) is 0.400. The van der Waals surface area contributed by atoms with Gasteiger partial charge < -0.3 is 22.1 Å². The van der Waals surface area contributed by atoms with Gasteiger partial charge in [0, 0.05) is 26.2 Å². The van der Waals surface area contributed by atoms with E-state index >= 15 is 0 Å². The van der Waals surface area contributed by atoms with E-state index in [1.165, 1.54) is 17.3 Å². The van der Waals surface area contributed by atoms with Gasteiger partial charge in [0.2, 0.25) is 0 Å². The van der Waals surface area contributed by atoms with Gasteiger partial charge >= 0.3 is 0 Å². The van der Waals surface area contributed by atoms with Gasteiger partial charge in [0.25, 0.3) is 11.8 Å². The van der Waals surface area contributed by atoms with Crippen LogP contribution in [0, 0.1) is 0 Å². The third kappa shape index (κ3) is 3.47. The van der Waals surface area contributed by atoms with E-state index < -0.39 is 5.91 Å². The molecule has 0 aliphatic carbocycles. The summed E-state index contributed by atoms with van der Waals surface area (Å²) in [6.07, 6.45) is 2.38. The van der Waals surface area contributed by atoms with Crippen molar-refractivity contribution in [2.24, 2.45) is 17.2 Å². The predicted molar refractivity (Wildman–Crippen MR) is 64.6 cm³/mol. The molecule has 1 heterocycles. The van der Waals surface area contributed by atoms with Crippen molar-refractivity contribution in [1.29, 1.82) is 0 Å². The predicted octanol–water partition coefficient (Wildman–Crippen LogP) is -2.06. The zero-order valence-electron chi connectivity index (χ0n) is 9.87. The van der Waals surface area contributed by atoms with E-state index in [2.05, 4.69) is 9.97 Å². The van der Waals surface area contributed by atoms with E-state index in [9.17, 15) is 9.59 Å². The van der Waals surface area contributed by atoms with Gasteiger partial charge in [-0.1, -0.05) is 0 Å². The zero-order chi connectivity index (χ0) is 13.5. The maximum atomic E-state index is 12.0. The largest absolute Gasteiger partial charge is 0.364 e. The van der Waals surface area contributed by atoms with E-state index in [1.54, 1.807) is 0 Å². The average molecular weight is 252 g/mol. The van der Waals surface area contributed by atoms with Crippen molar-refractivity contribution < 1.29 is 9.59 Å². The molecule has 0 aliphatic rings. The minimum absolute atomic E-state index is 0.00995. The van der Waals surface area contributed by atoms with Gasteiger partial charge in [-0.05, 0) is 0 Å². The van der Waals surface area contributed by atoms with Crippen LogP contribution in [0.5, 0.6) is 0 Å². The molecule has 1 aromatic heterocycles. The second-order valence-electron chi connectivity index (χ2n) is 3.52. The third-order valence-electron chi connectivity index (χ3n) is 2.21. The summed E-state index contributed by atoms with van der Waals surface area (Å²) in [6, 6.07) is 0. The van der Waals surface area contributed by atoms with Crippen molar-refractivity contribution in [3.63, 3.8) is 0 Å². The highest BCUT2D eigenvalue weighted by atomic mass is 16.2. The van der Waals surface area contributed by atoms with Crippen LogP contribution in [0.2, 0.25) is 0 Å². The monoisotopic (exact) mass is 252 g/mol. The Morgan fingerprint density at radius 2 is 1.56 bits per heavy atom. The Kier molecular flexibility index (Phi) is 5.15. The van der Waals surface area contributed by atoms with Crippen LogP contribution in [0.15, 0.2) is 12.4 Å². The van der Waals surface area contributed by atoms with Crippen LogP contribution in [-0.2, 0) is 0 Å². The van der Waals surface area contributed by atoms with Crippen LogP contribution in [0.25, 0.3) is 0 Å². The molecule has 0 aliphatic heterocycles. The molecule has 2 amide bonds. The number of hydrogen-bond acceptors (Lipinski definition) is 6. The third-order valence-corrected chi connectivity index (χ3v) is 2.21. The fourth-order valence-electron chi connectivity index (χ4n) is 1.35. The molecule has 8 heteroatoms. The lowest BCUT2D eigenvalue weighted by Crippen LogP contribution is -2.39. The van der Waals surface area contributed by atoms with Gasteiger partial charge in [-0.25, -0.2) is 9.97 Å². The summed E-state index contributed by atoms with van der Waals surface area (Å²) in [5.41, 5.74) is 16.0. The molecule has 0 saturated heterocycles. The van der Waals surface area contributed by atoms with Gasteiger partial charge in [0.15, 0.2) is 0 Å². The minimum Gasteiger partial charge on any atom is -0.364 e. The number of amides is 2. The van der Waals surface area contributed by atoms with E-state index in [4.69, 9.17) is 17.2 Å². The summed E-state index contributed by atoms with van der Waals surface area (Å²) >= 11 is 0. The Labute approximate surface area is 104 Å². The average Bonchev–Trinajstić information content (AvgIpc) is 2.38. The van der Waals surface area contributed by atoms with Crippen molar-refractivity contribution in [2.75, 3.05) is 26.2 Å². The second-order valence-corrected chi connectivity index (χ2v) is 3.52. The molecule has 0 atom stereocenters. The zero-order valence-corrected chi connectivity index (χ0v) is 9.87. The quantitative estimate of drug-likeness (QED) is 0.531. The normalized spacial score (nSPS) is 10.1. The van der Waals surface area contributed by atoms with E-state index in [0.29, 0.717) is 26.2 Å². The standard InChI is InChI=1S/C10H16N6O2/c11-1-3-16(4-2-12)10(18)8-6-14-7(5-15-8)9(13)17/h5-6H,1-4,11-12H2,(H2,13,17). The van der Waals surface area contributed by atoms with Gasteiger partial charge in [-0.2, -0.15) is 0 Å². The molecule has 8 nitrogen and oxygen atoms in total. The Bertz CT molecular complexity index is 413. The molecule has 6 N–H and O–H groups in total. The van der Waals surface area contributed by atoms with E-state index in [0.717, 1.165) is 0 Å². The number of rotatable bonds is 6. The number of carbonyl (C=O) groups is 2. The Balaban J connectivity index is 2.84. The minimum atomic E-state index is -0.692. The molecule has 1 aromatic rings. The van der Waals surface area contributed by atoms with E-state index in [-0.39, 0.29) is 17.3 Å². The highest BCUT2D eigenvalue weighted by Crippen LogP contribution is 2.01. The first kappa shape index (κ1) is 14.0. The Morgan fingerprint density at radius 3 is 1.94 bits per heavy atom. The number of carbonyl (C=O) groups excluding carboxylic acids is 2. The number of hydrogen-bond donors (Lipinski definition) is 3. The molecule has 0 fully saturated rings. The van der Waals surface area contributed by atoms with Gasteiger partial charge in [0.1, 0.15) is 11.4 Å². The van der Waals surface area contributed by atoms with Crippen LogP contribution in [-0.4, -0.2) is 52.9 Å². The lowest BCUT2D eigenvalue weighted by molar-refractivity contribution is 0.0757. The van der Waals surface area contributed by atoms with Crippen molar-refractivity contribution in [3.05, 3.63) is 23.8 Å². The Morgan fingerprint density at radius 1 is 1.06 bits per heavy atom. The number of aromatic nitrogens is 2. The maximum absolute atomic E-state index is 12.0. The SMILES string of the molecule is NCCN(CCN)C(=O)c1cnc(C(N)=O)cn1. The van der Waals surface area contributed by atoms with Crippen LogP contribution in [0.4, 0.5) is 0 Å². The molecule has 1 rings (SSSR count). The molecule has 0 radical (unpaired) electrons. The lowest BCUT2D eigenvalue weighted by Gasteiger charge is -2.20. The van der Waals surface area contributed by atoms with Gasteiger partial charge in [-0.15, -0.1) is 0 Å². The van der Waals surface area contributed by atoms with Crippen LogP contribution in [0.3, 0.4) is 0 Å². The first-order valence-electron chi connectivity index (χ1n) is 5.41. The van der Waals surface area contributed by atoms with Crippen molar-refractivity contribution in [1.82, 2.24) is 14.9 Å². The first-order chi connectivity index (χ1) is 8.60. The molecule has 98 valence electrons. The smallest absolute Gasteiger partial charge is 0.274 e. The van der Waals surface area contributed by atoms with Gasteiger partial charge in [0.05, 0.1) is 12.4 Å². The molecule has 0 spiro atoms. The number of nitrogens with zero attached hydrogens (tertiary/aromatic N) is 3. The maximum Gasteiger partial charge on any atom is 0.274 e. The molecular weight excluding hydrogens is 236 g/mol. The summed E-state index contributed by atoms with van der Waals surface area (Å²) in [5.74, 6) is -1.02. The van der Waals surface area contributed by atoms with Crippen molar-refractivity contribution >= 4 is 11.8 Å². The fourth-order valence-corrected chi connectivity index (χ4v) is 1.35.